The van der Waals surface area contributed by atoms with Crippen molar-refractivity contribution in [3.8, 4) is 11.5 Å². The first-order valence-corrected chi connectivity index (χ1v) is 9.77. The first-order valence-electron chi connectivity index (χ1n) is 9.77. The lowest BCUT2D eigenvalue weighted by atomic mass is 10.1. The van der Waals surface area contributed by atoms with Gasteiger partial charge in [-0.3, -0.25) is 9.78 Å². The van der Waals surface area contributed by atoms with Crippen molar-refractivity contribution in [1.29, 1.82) is 0 Å². The largest absolute Gasteiger partial charge is 0.497 e. The van der Waals surface area contributed by atoms with E-state index >= 15 is 0 Å². The Hall–Kier alpha value is -2.63. The van der Waals surface area contributed by atoms with Crippen molar-refractivity contribution in [1.82, 2.24) is 10.3 Å². The van der Waals surface area contributed by atoms with Crippen LogP contribution < -0.4 is 14.8 Å². The zero-order chi connectivity index (χ0) is 19.7. The van der Waals surface area contributed by atoms with Crippen molar-refractivity contribution in [2.75, 3.05) is 13.7 Å². The molecule has 5 nitrogen and oxygen atoms in total. The third kappa shape index (κ3) is 4.26. The van der Waals surface area contributed by atoms with Crippen LogP contribution in [0.5, 0.6) is 11.5 Å². The van der Waals surface area contributed by atoms with Gasteiger partial charge in [-0.25, -0.2) is 4.39 Å². The maximum absolute atomic E-state index is 14.2. The molecule has 6 heteroatoms. The number of hydrogen-bond acceptors (Lipinski definition) is 4. The van der Waals surface area contributed by atoms with Gasteiger partial charge in [0, 0.05) is 12.0 Å². The van der Waals surface area contributed by atoms with Crippen LogP contribution in [0.25, 0.3) is 0 Å². The molecule has 1 N–H and O–H groups in total. The van der Waals surface area contributed by atoms with E-state index < -0.39 is 0 Å². The Morgan fingerprint density at radius 1 is 1.29 bits per heavy atom. The van der Waals surface area contributed by atoms with E-state index in [4.69, 9.17) is 9.47 Å². The topological polar surface area (TPSA) is 60.5 Å². The van der Waals surface area contributed by atoms with Crippen molar-refractivity contribution in [3.05, 3.63) is 53.6 Å². The summed E-state index contributed by atoms with van der Waals surface area (Å²) in [5.41, 5.74) is 1.35. The average molecular weight is 384 g/mol. The molecule has 4 rings (SSSR count). The molecule has 2 fully saturated rings. The smallest absolute Gasteiger partial charge is 0.224 e. The van der Waals surface area contributed by atoms with Crippen LogP contribution in [0.1, 0.15) is 49.4 Å². The summed E-state index contributed by atoms with van der Waals surface area (Å²) >= 11 is 0. The van der Waals surface area contributed by atoms with Gasteiger partial charge < -0.3 is 14.8 Å². The van der Waals surface area contributed by atoms with Gasteiger partial charge in [0.05, 0.1) is 31.6 Å². The first-order chi connectivity index (χ1) is 13.5. The summed E-state index contributed by atoms with van der Waals surface area (Å²) in [6, 6.07) is 8.35. The van der Waals surface area contributed by atoms with Crippen LogP contribution in [0.15, 0.2) is 36.5 Å². The van der Waals surface area contributed by atoms with Crippen LogP contribution in [-0.2, 0) is 4.79 Å². The molecule has 0 aliphatic heterocycles. The second-order valence-electron chi connectivity index (χ2n) is 7.74. The van der Waals surface area contributed by atoms with Gasteiger partial charge in [-0.05, 0) is 61.8 Å². The molecule has 0 saturated heterocycles. The lowest BCUT2D eigenvalue weighted by Crippen LogP contribution is -2.29. The highest BCUT2D eigenvalue weighted by Crippen LogP contribution is 2.49. The minimum atomic E-state index is -0.323. The zero-order valence-corrected chi connectivity index (χ0v) is 16.2. The predicted octanol–water partition coefficient (Wildman–Crippen LogP) is 4.00. The summed E-state index contributed by atoms with van der Waals surface area (Å²) in [5, 5.41) is 2.99. The van der Waals surface area contributed by atoms with Crippen LogP contribution in [0, 0.1) is 17.7 Å². The summed E-state index contributed by atoms with van der Waals surface area (Å²) in [5.74, 6) is 1.26. The van der Waals surface area contributed by atoms with E-state index in [1.54, 1.807) is 18.3 Å². The average Bonchev–Trinajstić information content (AvgIpc) is 3.61. The van der Waals surface area contributed by atoms with E-state index in [1.165, 1.54) is 26.0 Å². The number of amides is 1. The summed E-state index contributed by atoms with van der Waals surface area (Å²) in [6.45, 7) is 2.65. The molecule has 0 radical (unpaired) electrons. The molecule has 0 bridgehead atoms. The van der Waals surface area contributed by atoms with E-state index in [-0.39, 0.29) is 29.6 Å². The Morgan fingerprint density at radius 2 is 2.07 bits per heavy atom. The van der Waals surface area contributed by atoms with E-state index in [1.807, 2.05) is 19.1 Å². The quantitative estimate of drug-likeness (QED) is 0.747. The van der Waals surface area contributed by atoms with Crippen molar-refractivity contribution in [3.63, 3.8) is 0 Å². The van der Waals surface area contributed by atoms with Crippen molar-refractivity contribution in [2.45, 2.75) is 38.1 Å². The second-order valence-corrected chi connectivity index (χ2v) is 7.74. The Morgan fingerprint density at radius 3 is 2.71 bits per heavy atom. The number of nitrogens with zero attached hydrogens (tertiary/aromatic N) is 1. The molecule has 3 atom stereocenters. The molecule has 28 heavy (non-hydrogen) atoms. The van der Waals surface area contributed by atoms with Gasteiger partial charge in [-0.1, -0.05) is 6.07 Å². The number of carbonyl (C=O) groups is 1. The number of hydrogen-bond donors (Lipinski definition) is 1. The van der Waals surface area contributed by atoms with Crippen LogP contribution in [-0.4, -0.2) is 24.6 Å². The molecule has 1 amide bonds. The molecule has 1 aromatic heterocycles. The lowest BCUT2D eigenvalue weighted by molar-refractivity contribution is -0.123. The number of halogens is 1. The van der Waals surface area contributed by atoms with Gasteiger partial charge in [0.15, 0.2) is 0 Å². The number of carbonyl (C=O) groups excluding carboxylic acids is 1. The Balaban J connectivity index is 1.31. The number of methoxy groups -OCH3 is 1. The highest BCUT2D eigenvalue weighted by Gasteiger charge is 2.45. The highest BCUT2D eigenvalue weighted by atomic mass is 19.1. The van der Waals surface area contributed by atoms with Gasteiger partial charge in [-0.15, -0.1) is 0 Å². The fourth-order valence-electron chi connectivity index (χ4n) is 3.39. The summed E-state index contributed by atoms with van der Waals surface area (Å²) in [4.78, 5) is 17.0. The first kappa shape index (κ1) is 18.7. The van der Waals surface area contributed by atoms with Crippen molar-refractivity contribution < 1.29 is 18.7 Å². The van der Waals surface area contributed by atoms with E-state index in [9.17, 15) is 9.18 Å². The van der Waals surface area contributed by atoms with Gasteiger partial charge in [0.1, 0.15) is 17.3 Å². The second kappa shape index (κ2) is 7.78. The minimum absolute atomic E-state index is 0.0661. The summed E-state index contributed by atoms with van der Waals surface area (Å²) in [6.07, 6.45) is 4.85. The molecule has 148 valence electrons. The zero-order valence-electron chi connectivity index (χ0n) is 16.2. The van der Waals surface area contributed by atoms with Crippen LogP contribution in [0.2, 0.25) is 0 Å². The lowest BCUT2D eigenvalue weighted by Gasteiger charge is -2.14. The molecular weight excluding hydrogens is 359 g/mol. The summed E-state index contributed by atoms with van der Waals surface area (Å²) < 4.78 is 24.9. The van der Waals surface area contributed by atoms with E-state index in [0.717, 1.165) is 18.1 Å². The molecule has 1 heterocycles. The Labute approximate surface area is 164 Å². The molecule has 1 aromatic carbocycles. The van der Waals surface area contributed by atoms with Gasteiger partial charge in [-0.2, -0.15) is 0 Å². The van der Waals surface area contributed by atoms with Crippen molar-refractivity contribution in [2.24, 2.45) is 11.8 Å². The third-order valence-corrected chi connectivity index (χ3v) is 5.48. The van der Waals surface area contributed by atoms with Crippen molar-refractivity contribution >= 4 is 5.91 Å². The molecule has 2 aromatic rings. The van der Waals surface area contributed by atoms with Gasteiger partial charge in [0.25, 0.3) is 0 Å². The Bertz CT molecular complexity index is 851. The number of rotatable bonds is 8. The molecular formula is C22H25FN2O3. The molecule has 0 spiro atoms. The minimum Gasteiger partial charge on any atom is -0.497 e. The number of aromatic nitrogens is 1. The molecule has 2 aliphatic rings. The van der Waals surface area contributed by atoms with E-state index in [0.29, 0.717) is 23.7 Å². The van der Waals surface area contributed by atoms with Crippen LogP contribution >= 0.6 is 0 Å². The number of pyridine rings is 1. The third-order valence-electron chi connectivity index (χ3n) is 5.48. The summed E-state index contributed by atoms with van der Waals surface area (Å²) in [7, 11) is 1.50. The number of benzene rings is 1. The molecule has 2 aliphatic carbocycles. The maximum atomic E-state index is 14.2. The van der Waals surface area contributed by atoms with Gasteiger partial charge >= 0.3 is 0 Å². The molecule has 2 unspecified atom stereocenters. The molecule has 2 saturated carbocycles. The Kier molecular flexibility index (Phi) is 5.20. The SMILES string of the molecule is COc1ccc(C2CC2C(=O)N[C@H](C)c2ccc(OCC3CC3)cn2)c(F)c1. The fraction of sp³-hybridized carbons (Fsp3) is 0.455. The monoisotopic (exact) mass is 384 g/mol. The maximum Gasteiger partial charge on any atom is 0.224 e. The van der Waals surface area contributed by atoms with Crippen LogP contribution in [0.3, 0.4) is 0 Å². The fourth-order valence-corrected chi connectivity index (χ4v) is 3.39. The normalized spacial score (nSPS) is 21.7. The van der Waals surface area contributed by atoms with Crippen LogP contribution in [0.4, 0.5) is 4.39 Å². The highest BCUT2D eigenvalue weighted by molar-refractivity contribution is 5.83. The van der Waals surface area contributed by atoms with E-state index in [2.05, 4.69) is 10.3 Å². The standard InChI is InChI=1S/C22H25FN2O3/c1-13(21-8-6-16(11-24-21)28-12-14-3-4-14)25-22(26)19-10-18(19)17-7-5-15(27-2)9-20(17)23/h5-9,11,13-14,18-19H,3-4,10,12H2,1-2H3,(H,25,26)/t13-,18?,19?/m1/s1. The number of ether oxygens (including phenoxy) is 2. The van der Waals surface area contributed by atoms with Gasteiger partial charge in [0.2, 0.25) is 5.91 Å². The predicted molar refractivity (Wildman–Crippen MR) is 103 cm³/mol. The number of nitrogens with one attached hydrogen (secondary N) is 1.